The lowest BCUT2D eigenvalue weighted by Crippen LogP contribution is -2.44. The van der Waals surface area contributed by atoms with Crippen molar-refractivity contribution in [2.45, 2.75) is 89.1 Å². The molecule has 244 valence electrons. The van der Waals surface area contributed by atoms with Crippen LogP contribution in [0.25, 0.3) is 0 Å². The first kappa shape index (κ1) is 35.3. The highest BCUT2D eigenvalue weighted by Crippen LogP contribution is 2.48. The number of carbonyl (C=O) groups is 2. The number of carbonyl (C=O) groups excluding carboxylic acids is 2. The average molecular weight is 662 g/mol. The number of hydrogen-bond donors (Lipinski definition) is 0. The third kappa shape index (κ3) is 8.51. The molecule has 1 amide bonds. The van der Waals surface area contributed by atoms with Gasteiger partial charge in [-0.15, -0.1) is 0 Å². The van der Waals surface area contributed by atoms with Crippen LogP contribution in [0.3, 0.4) is 0 Å². The summed E-state index contributed by atoms with van der Waals surface area (Å²) >= 11 is 6.27. The summed E-state index contributed by atoms with van der Waals surface area (Å²) in [5.74, 6) is -2.49. The van der Waals surface area contributed by atoms with Crippen LogP contribution < -0.4 is 0 Å². The monoisotopic (exact) mass is 661 g/mol. The maximum absolute atomic E-state index is 13.8. The van der Waals surface area contributed by atoms with Crippen molar-refractivity contribution in [2.24, 2.45) is 0 Å². The fraction of sp³-hybridized carbons (Fsp3) is 0.517. The summed E-state index contributed by atoms with van der Waals surface area (Å²) in [5.41, 5.74) is -6.28. The van der Waals surface area contributed by atoms with E-state index in [-0.39, 0.29) is 36.1 Å². The molecule has 0 spiro atoms. The highest BCUT2D eigenvalue weighted by Gasteiger charge is 2.47. The normalized spacial score (nSPS) is 18.7. The first-order valence-electron chi connectivity index (χ1n) is 13.4. The van der Waals surface area contributed by atoms with Crippen LogP contribution in [-0.4, -0.2) is 35.2 Å². The number of alkyl halides is 9. The van der Waals surface area contributed by atoms with Gasteiger partial charge in [0.1, 0.15) is 5.60 Å². The third-order valence-corrected chi connectivity index (χ3v) is 7.25. The number of hydrogen-bond acceptors (Lipinski definition) is 4. The smallest absolute Gasteiger partial charge is 0.416 e. The molecule has 3 atom stereocenters. The molecule has 15 heteroatoms. The molecule has 1 heterocycles. The van der Waals surface area contributed by atoms with Gasteiger partial charge in [-0.25, -0.2) is 4.79 Å². The third-order valence-electron chi connectivity index (χ3n) is 6.91. The van der Waals surface area contributed by atoms with Crippen LogP contribution in [0.2, 0.25) is 5.02 Å². The second-order valence-corrected chi connectivity index (χ2v) is 11.6. The van der Waals surface area contributed by atoms with E-state index in [4.69, 9.17) is 21.1 Å². The number of nitrogens with zero attached hydrogens (tertiary/aromatic N) is 1. The van der Waals surface area contributed by atoms with E-state index in [9.17, 15) is 49.1 Å². The minimum absolute atomic E-state index is 0.0730. The predicted octanol–water partition coefficient (Wildman–Crippen LogP) is 9.57. The van der Waals surface area contributed by atoms with Crippen LogP contribution >= 0.6 is 11.6 Å². The Hall–Kier alpha value is -3.16. The van der Waals surface area contributed by atoms with Gasteiger partial charge in [-0.2, -0.15) is 39.5 Å². The molecule has 2 aromatic carbocycles. The van der Waals surface area contributed by atoms with Gasteiger partial charge in [-0.1, -0.05) is 11.6 Å². The zero-order valence-electron chi connectivity index (χ0n) is 23.9. The summed E-state index contributed by atoms with van der Waals surface area (Å²) in [6.07, 6.45) is -17.3. The lowest BCUT2D eigenvalue weighted by molar-refractivity contribution is -0.144. The van der Waals surface area contributed by atoms with Crippen molar-refractivity contribution in [3.05, 3.63) is 69.2 Å². The Morgan fingerprint density at radius 1 is 0.864 bits per heavy atom. The summed E-state index contributed by atoms with van der Waals surface area (Å²) in [7, 11) is 0. The van der Waals surface area contributed by atoms with E-state index >= 15 is 0 Å². The van der Waals surface area contributed by atoms with E-state index in [2.05, 4.69) is 0 Å². The molecule has 0 aromatic heterocycles. The van der Waals surface area contributed by atoms with Gasteiger partial charge < -0.3 is 9.47 Å². The predicted molar refractivity (Wildman–Crippen MR) is 141 cm³/mol. The van der Waals surface area contributed by atoms with E-state index in [1.807, 2.05) is 0 Å². The second-order valence-electron chi connectivity index (χ2n) is 11.2. The fourth-order valence-electron chi connectivity index (χ4n) is 5.16. The van der Waals surface area contributed by atoms with Gasteiger partial charge >= 0.3 is 30.6 Å². The van der Waals surface area contributed by atoms with Gasteiger partial charge in [0, 0.05) is 17.0 Å². The van der Waals surface area contributed by atoms with Crippen molar-refractivity contribution < 1.29 is 58.6 Å². The van der Waals surface area contributed by atoms with Crippen LogP contribution in [0.1, 0.15) is 86.7 Å². The molecule has 1 saturated heterocycles. The van der Waals surface area contributed by atoms with Crippen LogP contribution in [0, 0.1) is 0 Å². The van der Waals surface area contributed by atoms with Gasteiger partial charge in [0.2, 0.25) is 0 Å². The molecule has 1 aliphatic rings. The number of benzene rings is 2. The van der Waals surface area contributed by atoms with Gasteiger partial charge in [0.05, 0.1) is 35.8 Å². The quantitative estimate of drug-likeness (QED) is 0.229. The number of esters is 1. The van der Waals surface area contributed by atoms with Crippen molar-refractivity contribution in [3.63, 3.8) is 0 Å². The largest absolute Gasteiger partial charge is 0.466 e. The summed E-state index contributed by atoms with van der Waals surface area (Å²) in [4.78, 5) is 27.2. The van der Waals surface area contributed by atoms with Gasteiger partial charge in [-0.3, -0.25) is 9.69 Å². The Kier molecular flexibility index (Phi) is 10.2. The number of likely N-dealkylation sites (tertiary alicyclic amines) is 1. The maximum Gasteiger partial charge on any atom is 0.416 e. The lowest BCUT2D eigenvalue weighted by Gasteiger charge is -2.37. The zero-order valence-corrected chi connectivity index (χ0v) is 24.6. The van der Waals surface area contributed by atoms with Crippen LogP contribution in [-0.2, 0) is 32.8 Å². The van der Waals surface area contributed by atoms with Crippen LogP contribution in [0.4, 0.5) is 44.3 Å². The highest BCUT2D eigenvalue weighted by atomic mass is 35.5. The molecule has 2 aromatic rings. The minimum Gasteiger partial charge on any atom is -0.466 e. The van der Waals surface area contributed by atoms with E-state index in [0.29, 0.717) is 12.1 Å². The van der Waals surface area contributed by atoms with E-state index < -0.39 is 82.9 Å². The molecular formula is C29H29ClF9NO4. The molecule has 0 unspecified atom stereocenters. The Morgan fingerprint density at radius 2 is 1.41 bits per heavy atom. The molecule has 5 nitrogen and oxygen atoms in total. The van der Waals surface area contributed by atoms with Gasteiger partial charge in [-0.05, 0) is 88.1 Å². The molecule has 0 saturated carbocycles. The Balaban J connectivity index is 2.27. The van der Waals surface area contributed by atoms with Crippen molar-refractivity contribution >= 4 is 23.7 Å². The number of rotatable bonds is 6. The van der Waals surface area contributed by atoms with Crippen LogP contribution in [0.15, 0.2) is 36.4 Å². The Morgan fingerprint density at radius 3 is 1.89 bits per heavy atom. The first-order valence-corrected chi connectivity index (χ1v) is 13.7. The summed E-state index contributed by atoms with van der Waals surface area (Å²) < 4.78 is 134. The molecule has 0 aliphatic carbocycles. The van der Waals surface area contributed by atoms with E-state index in [1.165, 1.54) is 27.7 Å². The molecule has 0 N–H and O–H groups in total. The van der Waals surface area contributed by atoms with Crippen molar-refractivity contribution in [1.29, 1.82) is 0 Å². The minimum atomic E-state index is -5.21. The van der Waals surface area contributed by atoms with Crippen molar-refractivity contribution in [2.75, 3.05) is 6.61 Å². The van der Waals surface area contributed by atoms with Gasteiger partial charge in [0.15, 0.2) is 0 Å². The van der Waals surface area contributed by atoms with Crippen molar-refractivity contribution in [3.8, 4) is 0 Å². The number of halogens is 10. The highest BCUT2D eigenvalue weighted by molar-refractivity contribution is 6.31. The number of amides is 1. The maximum atomic E-state index is 13.8. The molecule has 1 fully saturated rings. The summed E-state index contributed by atoms with van der Waals surface area (Å²) in [6.45, 7) is 5.74. The van der Waals surface area contributed by atoms with E-state index in [1.54, 1.807) is 0 Å². The Bertz CT molecular complexity index is 1330. The summed E-state index contributed by atoms with van der Waals surface area (Å²) in [5, 5.41) is -0.169. The first-order chi connectivity index (χ1) is 20.0. The zero-order chi connectivity index (χ0) is 33.4. The molecule has 44 heavy (non-hydrogen) atoms. The fourth-order valence-corrected chi connectivity index (χ4v) is 5.40. The standard InChI is InChI=1S/C29H29ClF9NO4/c1-5-43-24(41)14-19(15-10-17(28(34,35)36)12-18(11-15)29(37,38)39)22-8-9-23(40(22)25(42)44-26(2,3)4)20-13-16(27(31,32)33)6-7-21(20)30/h6-7,10-13,19,22-23H,5,8-9,14H2,1-4H3/t19-,22+,23+/m1/s1. The SMILES string of the molecule is CCOC(=O)C[C@H](c1cc(C(F)(F)F)cc(C(F)(F)F)c1)[C@@H]1CC[C@@H](c2cc(C(F)(F)F)ccc2Cl)N1C(=O)OC(C)(C)C. The second kappa shape index (κ2) is 12.7. The van der Waals surface area contributed by atoms with Gasteiger partial charge in [0.25, 0.3) is 0 Å². The number of ether oxygens (including phenoxy) is 2. The van der Waals surface area contributed by atoms with E-state index in [0.717, 1.165) is 23.1 Å². The van der Waals surface area contributed by atoms with Crippen LogP contribution in [0.5, 0.6) is 0 Å². The molecule has 0 radical (unpaired) electrons. The van der Waals surface area contributed by atoms with Crippen molar-refractivity contribution in [1.82, 2.24) is 4.90 Å². The molecular weight excluding hydrogens is 633 g/mol. The average Bonchev–Trinajstić information content (AvgIpc) is 3.29. The Labute approximate surface area is 252 Å². The molecule has 3 rings (SSSR count). The topological polar surface area (TPSA) is 55.8 Å². The molecule has 0 bridgehead atoms. The molecule has 1 aliphatic heterocycles. The lowest BCUT2D eigenvalue weighted by atomic mass is 9.85. The summed E-state index contributed by atoms with van der Waals surface area (Å²) in [6, 6.07) is 0.709.